The van der Waals surface area contributed by atoms with Gasteiger partial charge in [-0.3, -0.25) is 14.4 Å². The molecule has 0 aliphatic carbocycles. The minimum absolute atomic E-state index is 0.196. The molecule has 7 nitrogen and oxygen atoms in total. The van der Waals surface area contributed by atoms with Crippen LogP contribution in [-0.2, 0) is 23.9 Å². The second-order valence-corrected chi connectivity index (χ2v) is 6.78. The molecule has 0 spiro atoms. The van der Waals surface area contributed by atoms with Crippen molar-refractivity contribution in [3.05, 3.63) is 0 Å². The maximum absolute atomic E-state index is 11.8. The van der Waals surface area contributed by atoms with Crippen molar-refractivity contribution in [2.75, 3.05) is 6.79 Å². The monoisotopic (exact) mass is 317 g/mol. The molecule has 0 amide bonds. The van der Waals surface area contributed by atoms with E-state index in [4.69, 9.17) is 20.3 Å². The number of rotatable bonds is 8. The summed E-state index contributed by atoms with van der Waals surface area (Å²) in [6.45, 7) is 8.33. The van der Waals surface area contributed by atoms with Gasteiger partial charge in [-0.1, -0.05) is 13.8 Å². The van der Waals surface area contributed by atoms with Gasteiger partial charge >= 0.3 is 17.9 Å². The molecule has 128 valence electrons. The normalized spacial score (nSPS) is 14.3. The number of hydrogen-bond donors (Lipinski definition) is 2. The van der Waals surface area contributed by atoms with Crippen LogP contribution in [0.25, 0.3) is 0 Å². The number of hydrogen-bond acceptors (Lipinski definition) is 6. The topological polar surface area (TPSA) is 116 Å². The largest absolute Gasteiger partial charge is 0.481 e. The van der Waals surface area contributed by atoms with E-state index in [9.17, 15) is 14.4 Å². The van der Waals surface area contributed by atoms with Crippen molar-refractivity contribution in [2.24, 2.45) is 23.0 Å². The maximum Gasteiger partial charge on any atom is 0.326 e. The quantitative estimate of drug-likeness (QED) is 0.515. The number of ether oxygens (including phenoxy) is 2. The van der Waals surface area contributed by atoms with Crippen LogP contribution in [0.2, 0.25) is 0 Å². The highest BCUT2D eigenvalue weighted by Crippen LogP contribution is 2.20. The number of esters is 2. The lowest BCUT2D eigenvalue weighted by molar-refractivity contribution is -0.174. The minimum Gasteiger partial charge on any atom is -0.481 e. The predicted octanol–water partition coefficient (Wildman–Crippen LogP) is 1.54. The summed E-state index contributed by atoms with van der Waals surface area (Å²) in [4.78, 5) is 34.2. The molecule has 22 heavy (non-hydrogen) atoms. The molecule has 0 aromatic rings. The summed E-state index contributed by atoms with van der Waals surface area (Å²) in [5.74, 6) is -2.62. The molecule has 0 aromatic carbocycles. The second kappa shape index (κ2) is 8.73. The molecule has 2 atom stereocenters. The zero-order valence-electron chi connectivity index (χ0n) is 13.9. The molecule has 0 aliphatic heterocycles. The van der Waals surface area contributed by atoms with Gasteiger partial charge in [-0.25, -0.2) is 0 Å². The number of carboxylic acid groups (broad SMARTS) is 1. The molecule has 0 saturated carbocycles. The Morgan fingerprint density at radius 1 is 1.14 bits per heavy atom. The third-order valence-corrected chi connectivity index (χ3v) is 2.99. The summed E-state index contributed by atoms with van der Waals surface area (Å²) in [5, 5.41) is 8.89. The predicted molar refractivity (Wildman–Crippen MR) is 79.7 cm³/mol. The average molecular weight is 317 g/mol. The molecular weight excluding hydrogens is 290 g/mol. The van der Waals surface area contributed by atoms with Gasteiger partial charge in [0.25, 0.3) is 0 Å². The highest BCUT2D eigenvalue weighted by Gasteiger charge is 2.29. The van der Waals surface area contributed by atoms with Crippen LogP contribution in [-0.4, -0.2) is 35.8 Å². The first-order chi connectivity index (χ1) is 9.95. The third-order valence-electron chi connectivity index (χ3n) is 2.99. The van der Waals surface area contributed by atoms with E-state index in [1.807, 2.05) is 13.8 Å². The van der Waals surface area contributed by atoms with Gasteiger partial charge in [0.15, 0.2) is 0 Å². The standard InChI is InChI=1S/C15H27NO6/c1-9(2)6-10(7-11(17)18)12(16)13(19)21-8-22-14(20)15(3,4)5/h9-10,12H,6-8,16H2,1-5H3,(H,17,18). The number of carboxylic acids is 1. The summed E-state index contributed by atoms with van der Waals surface area (Å²) in [5.41, 5.74) is 5.09. The van der Waals surface area contributed by atoms with Crippen LogP contribution in [0.4, 0.5) is 0 Å². The van der Waals surface area contributed by atoms with E-state index in [0.717, 1.165) is 0 Å². The molecule has 0 heterocycles. The smallest absolute Gasteiger partial charge is 0.326 e. The van der Waals surface area contributed by atoms with Crippen LogP contribution in [0.3, 0.4) is 0 Å². The molecule has 0 radical (unpaired) electrons. The van der Waals surface area contributed by atoms with Crippen molar-refractivity contribution in [3.8, 4) is 0 Å². The molecule has 0 fully saturated rings. The molecule has 0 aliphatic rings. The molecule has 0 rings (SSSR count). The molecule has 7 heteroatoms. The molecular formula is C15H27NO6. The Morgan fingerprint density at radius 2 is 1.68 bits per heavy atom. The van der Waals surface area contributed by atoms with Crippen molar-refractivity contribution in [3.63, 3.8) is 0 Å². The Labute approximate surface area is 131 Å². The zero-order valence-corrected chi connectivity index (χ0v) is 13.9. The van der Waals surface area contributed by atoms with E-state index in [0.29, 0.717) is 6.42 Å². The van der Waals surface area contributed by atoms with E-state index in [2.05, 4.69) is 0 Å². The van der Waals surface area contributed by atoms with Crippen LogP contribution >= 0.6 is 0 Å². The first-order valence-corrected chi connectivity index (χ1v) is 7.26. The Balaban J connectivity index is 4.48. The van der Waals surface area contributed by atoms with Gasteiger partial charge in [-0.2, -0.15) is 0 Å². The molecule has 3 N–H and O–H groups in total. The first kappa shape index (κ1) is 20.4. The van der Waals surface area contributed by atoms with Crippen LogP contribution in [0.15, 0.2) is 0 Å². The Kier molecular flexibility index (Phi) is 8.08. The second-order valence-electron chi connectivity index (χ2n) is 6.78. The summed E-state index contributed by atoms with van der Waals surface area (Å²) < 4.78 is 9.63. The Morgan fingerprint density at radius 3 is 2.09 bits per heavy atom. The van der Waals surface area contributed by atoms with Gasteiger partial charge in [0.1, 0.15) is 6.04 Å². The van der Waals surface area contributed by atoms with Gasteiger partial charge in [-0.15, -0.1) is 0 Å². The number of carbonyl (C=O) groups excluding carboxylic acids is 2. The van der Waals surface area contributed by atoms with Crippen molar-refractivity contribution in [1.29, 1.82) is 0 Å². The van der Waals surface area contributed by atoms with Crippen LogP contribution in [0, 0.1) is 17.3 Å². The maximum atomic E-state index is 11.8. The van der Waals surface area contributed by atoms with Gasteiger partial charge in [-0.05, 0) is 39.0 Å². The summed E-state index contributed by atoms with van der Waals surface area (Å²) >= 11 is 0. The SMILES string of the molecule is CC(C)CC(CC(=O)O)C(N)C(=O)OCOC(=O)C(C)(C)C. The highest BCUT2D eigenvalue weighted by atomic mass is 16.7. The fourth-order valence-corrected chi connectivity index (χ4v) is 1.83. The summed E-state index contributed by atoms with van der Waals surface area (Å²) in [6.07, 6.45) is 0.278. The fraction of sp³-hybridized carbons (Fsp3) is 0.800. The van der Waals surface area contributed by atoms with Crippen molar-refractivity contribution in [1.82, 2.24) is 0 Å². The van der Waals surface area contributed by atoms with Gasteiger partial charge in [0, 0.05) is 0 Å². The van der Waals surface area contributed by atoms with Gasteiger partial charge in [0.05, 0.1) is 11.8 Å². The fourth-order valence-electron chi connectivity index (χ4n) is 1.83. The van der Waals surface area contributed by atoms with E-state index in [1.54, 1.807) is 20.8 Å². The van der Waals surface area contributed by atoms with E-state index < -0.39 is 42.1 Å². The zero-order chi connectivity index (χ0) is 17.5. The third kappa shape index (κ3) is 7.97. The van der Waals surface area contributed by atoms with Crippen molar-refractivity contribution >= 4 is 17.9 Å². The van der Waals surface area contributed by atoms with E-state index >= 15 is 0 Å². The molecule has 2 unspecified atom stereocenters. The van der Waals surface area contributed by atoms with Gasteiger partial charge < -0.3 is 20.3 Å². The Bertz CT molecular complexity index is 399. The lowest BCUT2D eigenvalue weighted by Crippen LogP contribution is -2.41. The summed E-state index contributed by atoms with van der Waals surface area (Å²) in [7, 11) is 0. The lowest BCUT2D eigenvalue weighted by Gasteiger charge is -2.23. The number of aliphatic carboxylic acids is 1. The summed E-state index contributed by atoms with van der Waals surface area (Å²) in [6, 6.07) is -1.06. The van der Waals surface area contributed by atoms with E-state index in [-0.39, 0.29) is 12.3 Å². The van der Waals surface area contributed by atoms with E-state index in [1.165, 1.54) is 0 Å². The van der Waals surface area contributed by atoms with Gasteiger partial charge in [0.2, 0.25) is 6.79 Å². The van der Waals surface area contributed by atoms with Crippen molar-refractivity contribution < 1.29 is 29.0 Å². The Hall–Kier alpha value is -1.63. The van der Waals surface area contributed by atoms with Crippen LogP contribution in [0.5, 0.6) is 0 Å². The average Bonchev–Trinajstić information content (AvgIpc) is 2.34. The van der Waals surface area contributed by atoms with Crippen LogP contribution < -0.4 is 5.73 Å². The molecule has 0 saturated heterocycles. The van der Waals surface area contributed by atoms with Crippen LogP contribution in [0.1, 0.15) is 47.5 Å². The number of carbonyl (C=O) groups is 3. The highest BCUT2D eigenvalue weighted by molar-refractivity contribution is 5.78. The minimum atomic E-state index is -1.06. The molecule has 0 aromatic heterocycles. The van der Waals surface area contributed by atoms with Crippen molar-refractivity contribution in [2.45, 2.75) is 53.5 Å². The lowest BCUT2D eigenvalue weighted by atomic mass is 9.88. The first-order valence-electron chi connectivity index (χ1n) is 7.26. The number of nitrogens with two attached hydrogens (primary N) is 1. The molecule has 0 bridgehead atoms.